The summed E-state index contributed by atoms with van der Waals surface area (Å²) in [6.45, 7) is 2.05. The van der Waals surface area contributed by atoms with E-state index >= 15 is 0 Å². The molecule has 134 valence electrons. The van der Waals surface area contributed by atoms with Gasteiger partial charge in [-0.1, -0.05) is 49.4 Å². The zero-order valence-corrected chi connectivity index (χ0v) is 15.3. The van der Waals surface area contributed by atoms with E-state index < -0.39 is 0 Å². The van der Waals surface area contributed by atoms with Crippen molar-refractivity contribution in [3.63, 3.8) is 0 Å². The lowest BCUT2D eigenvalue weighted by atomic mass is 10.0. The summed E-state index contributed by atoms with van der Waals surface area (Å²) in [7, 11) is 1.73. The Morgan fingerprint density at radius 1 is 0.852 bits per heavy atom. The minimum absolute atomic E-state index is 0.0672. The van der Waals surface area contributed by atoms with Gasteiger partial charge < -0.3 is 4.57 Å². The number of rotatable bonds is 3. The van der Waals surface area contributed by atoms with Crippen LogP contribution in [0.3, 0.4) is 0 Å². The van der Waals surface area contributed by atoms with Crippen LogP contribution >= 0.6 is 0 Å². The van der Waals surface area contributed by atoms with E-state index in [4.69, 9.17) is 0 Å². The summed E-state index contributed by atoms with van der Waals surface area (Å²) in [5.41, 5.74) is 3.13. The molecule has 4 aromatic rings. The Bertz CT molecular complexity index is 1250. The zero-order valence-electron chi connectivity index (χ0n) is 15.3. The van der Waals surface area contributed by atoms with E-state index in [1.54, 1.807) is 22.2 Å². The lowest BCUT2D eigenvalue weighted by Gasteiger charge is -2.16. The molecular weight excluding hydrogens is 336 g/mol. The van der Waals surface area contributed by atoms with Crippen LogP contribution in [0, 0.1) is 0 Å². The molecule has 4 heteroatoms. The standard InChI is InChI=1S/C23H20N2O2/c1-3-17-15-16-9-7-12-19(20-13-8-14-21(26)24(20)2)22(16)23(27)25(17)18-10-5-4-6-11-18/h4-15H,3H2,1-2H3. The van der Waals surface area contributed by atoms with Crippen LogP contribution in [0.15, 0.2) is 82.4 Å². The van der Waals surface area contributed by atoms with Crippen LogP contribution in [0.1, 0.15) is 12.6 Å². The van der Waals surface area contributed by atoms with Gasteiger partial charge in [0.1, 0.15) is 0 Å². The molecule has 0 aliphatic heterocycles. The van der Waals surface area contributed by atoms with Gasteiger partial charge in [0, 0.05) is 30.1 Å². The molecule has 0 saturated heterocycles. The zero-order chi connectivity index (χ0) is 19.0. The average molecular weight is 356 g/mol. The van der Waals surface area contributed by atoms with Crippen molar-refractivity contribution in [2.24, 2.45) is 7.05 Å². The van der Waals surface area contributed by atoms with Gasteiger partial charge in [-0.2, -0.15) is 0 Å². The van der Waals surface area contributed by atoms with Gasteiger partial charge in [-0.3, -0.25) is 14.2 Å². The molecule has 0 amide bonds. The quantitative estimate of drug-likeness (QED) is 0.558. The van der Waals surface area contributed by atoms with Gasteiger partial charge in [0.05, 0.1) is 11.1 Å². The van der Waals surface area contributed by atoms with E-state index in [0.717, 1.165) is 34.4 Å². The topological polar surface area (TPSA) is 44.0 Å². The van der Waals surface area contributed by atoms with Crippen molar-refractivity contribution in [1.29, 1.82) is 0 Å². The van der Waals surface area contributed by atoms with Crippen molar-refractivity contribution in [2.45, 2.75) is 13.3 Å². The van der Waals surface area contributed by atoms with E-state index in [0.29, 0.717) is 5.39 Å². The predicted molar refractivity (Wildman–Crippen MR) is 110 cm³/mol. The van der Waals surface area contributed by atoms with E-state index in [1.165, 1.54) is 6.07 Å². The van der Waals surface area contributed by atoms with Gasteiger partial charge in [-0.15, -0.1) is 0 Å². The number of para-hydroxylation sites is 1. The Balaban J connectivity index is 2.14. The summed E-state index contributed by atoms with van der Waals surface area (Å²) in [5.74, 6) is 0. The number of aryl methyl sites for hydroxylation is 1. The van der Waals surface area contributed by atoms with Crippen LogP contribution in [0.4, 0.5) is 0 Å². The third-order valence-electron chi connectivity index (χ3n) is 4.96. The highest BCUT2D eigenvalue weighted by molar-refractivity contribution is 5.95. The molecule has 0 N–H and O–H groups in total. The molecule has 4 rings (SSSR count). The molecule has 0 unspecified atom stereocenters. The summed E-state index contributed by atoms with van der Waals surface area (Å²) >= 11 is 0. The smallest absolute Gasteiger partial charge is 0.263 e. The highest BCUT2D eigenvalue weighted by Crippen LogP contribution is 2.27. The van der Waals surface area contributed by atoms with E-state index in [1.807, 2.05) is 61.5 Å². The molecule has 4 nitrogen and oxygen atoms in total. The molecule has 0 bridgehead atoms. The molecular formula is C23H20N2O2. The number of benzene rings is 2. The maximum Gasteiger partial charge on any atom is 0.263 e. The van der Waals surface area contributed by atoms with Crippen LogP contribution in [-0.4, -0.2) is 9.13 Å². The second-order valence-corrected chi connectivity index (χ2v) is 6.54. The van der Waals surface area contributed by atoms with Crippen LogP contribution in [0.25, 0.3) is 27.7 Å². The second-order valence-electron chi connectivity index (χ2n) is 6.54. The minimum atomic E-state index is -0.0990. The first-order chi connectivity index (χ1) is 13.1. The van der Waals surface area contributed by atoms with E-state index in [2.05, 4.69) is 6.07 Å². The number of pyridine rings is 2. The molecule has 2 aromatic heterocycles. The van der Waals surface area contributed by atoms with Gasteiger partial charge in [0.25, 0.3) is 11.1 Å². The van der Waals surface area contributed by atoms with Crippen molar-refractivity contribution in [2.75, 3.05) is 0 Å². The minimum Gasteiger partial charge on any atom is -0.311 e. The van der Waals surface area contributed by atoms with Crippen LogP contribution in [-0.2, 0) is 13.5 Å². The number of fused-ring (bicyclic) bond motifs is 1. The van der Waals surface area contributed by atoms with E-state index in [9.17, 15) is 9.59 Å². The molecule has 0 aliphatic rings. The van der Waals surface area contributed by atoms with Gasteiger partial charge in [0.2, 0.25) is 0 Å². The number of nitrogens with zero attached hydrogens (tertiary/aromatic N) is 2. The summed E-state index contributed by atoms with van der Waals surface area (Å²) in [6.07, 6.45) is 0.744. The molecule has 27 heavy (non-hydrogen) atoms. The Hall–Kier alpha value is -3.40. The molecule has 0 radical (unpaired) electrons. The van der Waals surface area contributed by atoms with Crippen LogP contribution in [0.5, 0.6) is 0 Å². The predicted octanol–water partition coefficient (Wildman–Crippen LogP) is 3.92. The molecule has 0 saturated carbocycles. The number of hydrogen-bond donors (Lipinski definition) is 0. The summed E-state index contributed by atoms with van der Waals surface area (Å²) < 4.78 is 3.35. The summed E-state index contributed by atoms with van der Waals surface area (Å²) in [5, 5.41) is 1.51. The molecule has 0 fully saturated rings. The molecule has 0 aliphatic carbocycles. The largest absolute Gasteiger partial charge is 0.311 e. The Kier molecular flexibility index (Phi) is 4.24. The van der Waals surface area contributed by atoms with Crippen molar-refractivity contribution in [1.82, 2.24) is 9.13 Å². The Morgan fingerprint density at radius 3 is 2.33 bits per heavy atom. The van der Waals surface area contributed by atoms with Crippen molar-refractivity contribution < 1.29 is 0 Å². The average Bonchev–Trinajstić information content (AvgIpc) is 2.70. The highest BCUT2D eigenvalue weighted by Gasteiger charge is 2.15. The van der Waals surface area contributed by atoms with Crippen molar-refractivity contribution in [3.05, 3.63) is 99.2 Å². The first-order valence-corrected chi connectivity index (χ1v) is 9.01. The molecule has 0 spiro atoms. The summed E-state index contributed by atoms with van der Waals surface area (Å²) in [6, 6.07) is 22.6. The second kappa shape index (κ2) is 6.72. The van der Waals surface area contributed by atoms with E-state index in [-0.39, 0.29) is 11.1 Å². The fourth-order valence-corrected chi connectivity index (χ4v) is 3.58. The SMILES string of the molecule is CCc1cc2cccc(-c3cccc(=O)n3C)c2c(=O)n1-c1ccccc1. The lowest BCUT2D eigenvalue weighted by Crippen LogP contribution is -2.23. The normalized spacial score (nSPS) is 11.0. The maximum atomic E-state index is 13.6. The van der Waals surface area contributed by atoms with Gasteiger partial charge in [-0.25, -0.2) is 0 Å². The lowest BCUT2D eigenvalue weighted by molar-refractivity contribution is 0.869. The van der Waals surface area contributed by atoms with Crippen molar-refractivity contribution >= 4 is 10.8 Å². The van der Waals surface area contributed by atoms with Gasteiger partial charge in [-0.05, 0) is 36.1 Å². The monoisotopic (exact) mass is 356 g/mol. The first-order valence-electron chi connectivity index (χ1n) is 9.01. The van der Waals surface area contributed by atoms with Crippen LogP contribution in [0.2, 0.25) is 0 Å². The third-order valence-corrected chi connectivity index (χ3v) is 4.96. The van der Waals surface area contributed by atoms with Gasteiger partial charge >= 0.3 is 0 Å². The maximum absolute atomic E-state index is 13.6. The Labute approximate surface area is 157 Å². The molecule has 2 heterocycles. The van der Waals surface area contributed by atoms with Crippen molar-refractivity contribution in [3.8, 4) is 16.9 Å². The molecule has 0 atom stereocenters. The fraction of sp³-hybridized carbons (Fsp3) is 0.130. The highest BCUT2D eigenvalue weighted by atomic mass is 16.1. The van der Waals surface area contributed by atoms with Gasteiger partial charge in [0.15, 0.2) is 0 Å². The number of aromatic nitrogens is 2. The number of hydrogen-bond acceptors (Lipinski definition) is 2. The summed E-state index contributed by atoms with van der Waals surface area (Å²) in [4.78, 5) is 25.7. The fourth-order valence-electron chi connectivity index (χ4n) is 3.58. The Morgan fingerprint density at radius 2 is 1.59 bits per heavy atom. The third kappa shape index (κ3) is 2.79. The van der Waals surface area contributed by atoms with Crippen LogP contribution < -0.4 is 11.1 Å². The molecule has 2 aromatic carbocycles. The first kappa shape index (κ1) is 17.0.